The summed E-state index contributed by atoms with van der Waals surface area (Å²) in [6.45, 7) is 5.28. The van der Waals surface area contributed by atoms with Crippen LogP contribution >= 0.6 is 0 Å². The number of hydrogen-bond donors (Lipinski definition) is 0. The van der Waals surface area contributed by atoms with Gasteiger partial charge in [0.15, 0.2) is 22.3 Å². The highest BCUT2D eigenvalue weighted by Crippen LogP contribution is 2.29. The molecule has 1 atom stereocenters. The summed E-state index contributed by atoms with van der Waals surface area (Å²) in [7, 11) is -3.12. The number of carbonyl (C=O) groups is 2. The van der Waals surface area contributed by atoms with E-state index in [0.29, 0.717) is 18.0 Å². The molecule has 1 unspecified atom stereocenters. The van der Waals surface area contributed by atoms with Gasteiger partial charge in [0, 0.05) is 35.6 Å². The van der Waals surface area contributed by atoms with Gasteiger partial charge in [-0.05, 0) is 57.7 Å². The molecule has 9 nitrogen and oxygen atoms in total. The van der Waals surface area contributed by atoms with E-state index >= 15 is 0 Å². The predicted octanol–water partition coefficient (Wildman–Crippen LogP) is 2.91. The standard InChI is InChI=1S/C24H31N3O6S/c1-16-12-19(18(3)26(16)22-13-17(2)33-25-22)8-9-24(29)32-14-23(28)27(20-6-4-5-7-20)21-10-11-34(30,31)15-21/h8-9,12-13,20-21H,4-7,10-11,14-15H2,1-3H3/b9-8+. The van der Waals surface area contributed by atoms with Gasteiger partial charge in [-0.2, -0.15) is 0 Å². The Balaban J connectivity index is 1.39. The number of hydrogen-bond acceptors (Lipinski definition) is 7. The molecule has 1 saturated heterocycles. The van der Waals surface area contributed by atoms with Gasteiger partial charge in [-0.3, -0.25) is 9.36 Å². The molecule has 2 fully saturated rings. The number of aromatic nitrogens is 2. The van der Waals surface area contributed by atoms with Gasteiger partial charge in [0.2, 0.25) is 0 Å². The Hall–Kier alpha value is -2.88. The molecule has 3 heterocycles. The molecule has 0 spiro atoms. The molecule has 0 radical (unpaired) electrons. The number of rotatable bonds is 7. The second kappa shape index (κ2) is 9.77. The minimum absolute atomic E-state index is 0.0102. The lowest BCUT2D eigenvalue weighted by atomic mass is 10.1. The summed E-state index contributed by atoms with van der Waals surface area (Å²) < 4.78 is 36.3. The molecule has 2 aliphatic rings. The molecule has 4 rings (SSSR count). The molecule has 1 aliphatic heterocycles. The smallest absolute Gasteiger partial charge is 0.331 e. The van der Waals surface area contributed by atoms with Crippen LogP contribution in [0.25, 0.3) is 11.9 Å². The predicted molar refractivity (Wildman–Crippen MR) is 126 cm³/mol. The quantitative estimate of drug-likeness (QED) is 0.434. The molecule has 10 heteroatoms. The van der Waals surface area contributed by atoms with Crippen LogP contribution in [0.3, 0.4) is 0 Å². The monoisotopic (exact) mass is 489 g/mol. The first-order valence-corrected chi connectivity index (χ1v) is 13.5. The molecular formula is C24H31N3O6S. The Morgan fingerprint density at radius 3 is 2.53 bits per heavy atom. The summed E-state index contributed by atoms with van der Waals surface area (Å²) in [5.41, 5.74) is 2.65. The number of aryl methyl sites for hydroxylation is 2. The largest absolute Gasteiger partial charge is 0.452 e. The second-order valence-electron chi connectivity index (χ2n) is 9.19. The van der Waals surface area contributed by atoms with Gasteiger partial charge in [-0.15, -0.1) is 0 Å². The summed E-state index contributed by atoms with van der Waals surface area (Å²) in [5, 5.41) is 4.05. The van der Waals surface area contributed by atoms with Crippen LogP contribution in [0.2, 0.25) is 0 Å². The lowest BCUT2D eigenvalue weighted by molar-refractivity contribution is -0.150. The molecule has 184 valence electrons. The van der Waals surface area contributed by atoms with E-state index in [1.165, 1.54) is 6.08 Å². The Morgan fingerprint density at radius 1 is 1.18 bits per heavy atom. The number of amides is 1. The average molecular weight is 490 g/mol. The lowest BCUT2D eigenvalue weighted by Gasteiger charge is -2.33. The topological polar surface area (TPSA) is 112 Å². The first-order valence-electron chi connectivity index (χ1n) is 11.6. The van der Waals surface area contributed by atoms with Gasteiger partial charge < -0.3 is 14.2 Å². The van der Waals surface area contributed by atoms with Gasteiger partial charge in [0.25, 0.3) is 5.91 Å². The van der Waals surface area contributed by atoms with Crippen LogP contribution in [0, 0.1) is 20.8 Å². The molecule has 0 bridgehead atoms. The van der Waals surface area contributed by atoms with Crippen LogP contribution in [0.1, 0.15) is 54.8 Å². The normalized spacial score (nSPS) is 20.3. The van der Waals surface area contributed by atoms with E-state index in [0.717, 1.165) is 42.6 Å². The zero-order valence-corrected chi connectivity index (χ0v) is 20.6. The van der Waals surface area contributed by atoms with Gasteiger partial charge in [-0.25, -0.2) is 13.2 Å². The molecule has 1 amide bonds. The van der Waals surface area contributed by atoms with E-state index in [9.17, 15) is 18.0 Å². The van der Waals surface area contributed by atoms with Crippen LogP contribution in [-0.2, 0) is 24.2 Å². The van der Waals surface area contributed by atoms with Crippen LogP contribution in [-0.4, -0.2) is 65.1 Å². The molecule has 0 N–H and O–H groups in total. The van der Waals surface area contributed by atoms with Crippen molar-refractivity contribution >= 4 is 27.8 Å². The van der Waals surface area contributed by atoms with Gasteiger partial charge in [0.05, 0.1) is 11.5 Å². The summed E-state index contributed by atoms with van der Waals surface area (Å²) in [6, 6.07) is 3.45. The fourth-order valence-corrected chi connectivity index (χ4v) is 6.77. The van der Waals surface area contributed by atoms with Crippen molar-refractivity contribution in [2.45, 2.75) is 65.0 Å². The minimum Gasteiger partial charge on any atom is -0.452 e. The average Bonchev–Trinajstić information content (AvgIpc) is 3.55. The third-order valence-corrected chi connectivity index (χ3v) is 8.41. The highest BCUT2D eigenvalue weighted by atomic mass is 32.2. The first-order chi connectivity index (χ1) is 16.1. The summed E-state index contributed by atoms with van der Waals surface area (Å²) in [6.07, 6.45) is 7.14. The third kappa shape index (κ3) is 5.27. The van der Waals surface area contributed by atoms with E-state index in [-0.39, 0.29) is 29.5 Å². The zero-order chi connectivity index (χ0) is 24.5. The molecule has 34 heavy (non-hydrogen) atoms. The van der Waals surface area contributed by atoms with Crippen LogP contribution in [0.4, 0.5) is 0 Å². The summed E-state index contributed by atoms with van der Waals surface area (Å²) >= 11 is 0. The van der Waals surface area contributed by atoms with E-state index in [4.69, 9.17) is 9.26 Å². The van der Waals surface area contributed by atoms with Crippen molar-refractivity contribution < 1.29 is 27.3 Å². The van der Waals surface area contributed by atoms with Crippen molar-refractivity contribution in [1.82, 2.24) is 14.6 Å². The van der Waals surface area contributed by atoms with Gasteiger partial charge in [-0.1, -0.05) is 18.0 Å². The molecule has 1 saturated carbocycles. The summed E-state index contributed by atoms with van der Waals surface area (Å²) in [4.78, 5) is 27.0. The first kappa shape index (κ1) is 24.3. The van der Waals surface area contributed by atoms with Gasteiger partial charge >= 0.3 is 5.97 Å². The van der Waals surface area contributed by atoms with Crippen LogP contribution < -0.4 is 0 Å². The maximum absolute atomic E-state index is 13.0. The van der Waals surface area contributed by atoms with E-state index < -0.39 is 22.4 Å². The highest BCUT2D eigenvalue weighted by molar-refractivity contribution is 7.91. The van der Waals surface area contributed by atoms with Crippen molar-refractivity contribution in [2.24, 2.45) is 0 Å². The Labute approximate surface area is 199 Å². The molecule has 2 aromatic heterocycles. The lowest BCUT2D eigenvalue weighted by Crippen LogP contribution is -2.48. The maximum atomic E-state index is 13.0. The number of ether oxygens (including phenoxy) is 1. The summed E-state index contributed by atoms with van der Waals surface area (Å²) in [5.74, 6) is 0.513. The van der Waals surface area contributed by atoms with Crippen LogP contribution in [0.15, 0.2) is 22.7 Å². The minimum atomic E-state index is -3.12. The SMILES string of the molecule is Cc1cc(-n2c(C)cc(/C=C/C(=O)OCC(=O)N(C3CCCC3)C3CCS(=O)(=O)C3)c2C)no1. The van der Waals surface area contributed by atoms with Crippen molar-refractivity contribution in [3.8, 4) is 5.82 Å². The third-order valence-electron chi connectivity index (χ3n) is 6.66. The molecule has 0 aromatic carbocycles. The number of carbonyl (C=O) groups excluding carboxylic acids is 2. The fourth-order valence-electron chi connectivity index (χ4n) is 5.06. The van der Waals surface area contributed by atoms with Crippen LogP contribution in [0.5, 0.6) is 0 Å². The maximum Gasteiger partial charge on any atom is 0.331 e. The van der Waals surface area contributed by atoms with E-state index in [1.807, 2.05) is 37.5 Å². The van der Waals surface area contributed by atoms with E-state index in [1.54, 1.807) is 11.0 Å². The van der Waals surface area contributed by atoms with Crippen molar-refractivity contribution in [3.05, 3.63) is 40.9 Å². The Bertz CT molecular complexity index is 1200. The zero-order valence-electron chi connectivity index (χ0n) is 19.8. The van der Waals surface area contributed by atoms with E-state index in [2.05, 4.69) is 5.16 Å². The van der Waals surface area contributed by atoms with Crippen molar-refractivity contribution in [3.63, 3.8) is 0 Å². The van der Waals surface area contributed by atoms with Crippen molar-refractivity contribution in [1.29, 1.82) is 0 Å². The number of nitrogens with zero attached hydrogens (tertiary/aromatic N) is 3. The number of sulfone groups is 1. The Kier molecular flexibility index (Phi) is 6.97. The number of esters is 1. The highest BCUT2D eigenvalue weighted by Gasteiger charge is 2.39. The molecular weight excluding hydrogens is 458 g/mol. The Morgan fingerprint density at radius 2 is 1.91 bits per heavy atom. The van der Waals surface area contributed by atoms with Crippen molar-refractivity contribution in [2.75, 3.05) is 18.1 Å². The fraction of sp³-hybridized carbons (Fsp3) is 0.542. The molecule has 2 aromatic rings. The second-order valence-corrected chi connectivity index (χ2v) is 11.4. The van der Waals surface area contributed by atoms with Gasteiger partial charge in [0.1, 0.15) is 5.76 Å². The molecule has 1 aliphatic carbocycles.